The Balaban J connectivity index is 2.54. The first-order valence-corrected chi connectivity index (χ1v) is 5.67. The van der Waals surface area contributed by atoms with E-state index in [1.807, 2.05) is 19.1 Å². The molecule has 1 amide bonds. The van der Waals surface area contributed by atoms with E-state index in [4.69, 9.17) is 0 Å². The number of nitrogens with one attached hydrogen (secondary N) is 1. The van der Waals surface area contributed by atoms with Crippen molar-refractivity contribution in [2.24, 2.45) is 0 Å². The van der Waals surface area contributed by atoms with Crippen LogP contribution in [-0.4, -0.2) is 17.1 Å². The number of carbonyl (C=O) groups excluding carboxylic acids is 1. The third-order valence-electron chi connectivity index (χ3n) is 1.98. The lowest BCUT2D eigenvalue weighted by Gasteiger charge is -2.10. The molecule has 2 N–H and O–H groups in total. The van der Waals surface area contributed by atoms with E-state index in [1.54, 1.807) is 12.1 Å². The number of carbonyl (C=O) groups is 1. The van der Waals surface area contributed by atoms with Gasteiger partial charge in [0, 0.05) is 10.2 Å². The Hall–Kier alpha value is -0.870. The second kappa shape index (κ2) is 5.88. The summed E-state index contributed by atoms with van der Waals surface area (Å²) >= 11 is 3.30. The van der Waals surface area contributed by atoms with Crippen molar-refractivity contribution in [3.05, 3.63) is 28.7 Å². The predicted molar refractivity (Wildman–Crippen MR) is 63.7 cm³/mol. The molecule has 0 aliphatic heterocycles. The molecule has 0 aliphatic rings. The van der Waals surface area contributed by atoms with Crippen LogP contribution < -0.4 is 5.32 Å². The van der Waals surface area contributed by atoms with Gasteiger partial charge in [-0.15, -0.1) is 0 Å². The van der Waals surface area contributed by atoms with E-state index in [1.165, 1.54) is 0 Å². The van der Waals surface area contributed by atoms with E-state index in [0.29, 0.717) is 12.1 Å². The van der Waals surface area contributed by atoms with Crippen LogP contribution in [0, 0.1) is 0 Å². The lowest BCUT2D eigenvalue weighted by atomic mass is 10.2. The predicted octanol–water partition coefficient (Wildman–Crippen LogP) is 2.55. The Labute approximate surface area is 97.6 Å². The van der Waals surface area contributed by atoms with Crippen molar-refractivity contribution < 1.29 is 9.90 Å². The fourth-order valence-corrected chi connectivity index (χ4v) is 1.43. The molecule has 0 aliphatic carbocycles. The molecule has 1 unspecified atom stereocenters. The van der Waals surface area contributed by atoms with Crippen LogP contribution in [0.15, 0.2) is 28.7 Å². The van der Waals surface area contributed by atoms with E-state index in [0.717, 1.165) is 10.9 Å². The smallest absolute Gasteiger partial charge is 0.253 e. The summed E-state index contributed by atoms with van der Waals surface area (Å²) in [6.45, 7) is 1.93. The van der Waals surface area contributed by atoms with Gasteiger partial charge in [0.2, 0.25) is 0 Å². The average Bonchev–Trinajstić information content (AvgIpc) is 2.22. The molecule has 0 fully saturated rings. The van der Waals surface area contributed by atoms with Crippen molar-refractivity contribution in [3.63, 3.8) is 0 Å². The summed E-state index contributed by atoms with van der Waals surface area (Å²) < 4.78 is 0.953. The standard InChI is InChI=1S/C11H14BrNO2/c1-2-3-10(14)11(15)13-9-6-4-8(12)5-7-9/h4-7,10,14H,2-3H2,1H3,(H,13,15). The zero-order valence-corrected chi connectivity index (χ0v) is 10.1. The Morgan fingerprint density at radius 2 is 2.07 bits per heavy atom. The quantitative estimate of drug-likeness (QED) is 0.884. The summed E-state index contributed by atoms with van der Waals surface area (Å²) in [6, 6.07) is 7.23. The van der Waals surface area contributed by atoms with Gasteiger partial charge in [-0.2, -0.15) is 0 Å². The molecule has 3 nitrogen and oxygen atoms in total. The third kappa shape index (κ3) is 4.01. The van der Waals surface area contributed by atoms with Crippen LogP contribution in [0.2, 0.25) is 0 Å². The number of hydrogen-bond acceptors (Lipinski definition) is 2. The number of benzene rings is 1. The Bertz CT molecular complexity index is 324. The maximum absolute atomic E-state index is 11.4. The molecule has 0 saturated carbocycles. The van der Waals surface area contributed by atoms with Gasteiger partial charge < -0.3 is 10.4 Å². The van der Waals surface area contributed by atoms with E-state index in [9.17, 15) is 9.90 Å². The first-order chi connectivity index (χ1) is 7.13. The molecule has 0 radical (unpaired) electrons. The maximum Gasteiger partial charge on any atom is 0.253 e. The van der Waals surface area contributed by atoms with Gasteiger partial charge >= 0.3 is 0 Å². The number of rotatable bonds is 4. The van der Waals surface area contributed by atoms with Gasteiger partial charge in [0.25, 0.3) is 5.91 Å². The number of hydrogen-bond donors (Lipinski definition) is 2. The Morgan fingerprint density at radius 3 is 2.60 bits per heavy atom. The highest BCUT2D eigenvalue weighted by molar-refractivity contribution is 9.10. The minimum absolute atomic E-state index is 0.348. The third-order valence-corrected chi connectivity index (χ3v) is 2.51. The number of amides is 1. The monoisotopic (exact) mass is 271 g/mol. The second-order valence-electron chi connectivity index (χ2n) is 3.30. The van der Waals surface area contributed by atoms with Crippen LogP contribution in [-0.2, 0) is 4.79 Å². The van der Waals surface area contributed by atoms with Gasteiger partial charge in [-0.25, -0.2) is 0 Å². The summed E-state index contributed by atoms with van der Waals surface area (Å²) in [5.41, 5.74) is 0.693. The van der Waals surface area contributed by atoms with E-state index < -0.39 is 6.10 Å². The van der Waals surface area contributed by atoms with Crippen molar-refractivity contribution in [2.75, 3.05) is 5.32 Å². The van der Waals surface area contributed by atoms with Crippen molar-refractivity contribution in [3.8, 4) is 0 Å². The SMILES string of the molecule is CCCC(O)C(=O)Nc1ccc(Br)cc1. The molecular formula is C11H14BrNO2. The zero-order chi connectivity index (χ0) is 11.3. The van der Waals surface area contributed by atoms with Crippen molar-refractivity contribution in [2.45, 2.75) is 25.9 Å². The fourth-order valence-electron chi connectivity index (χ4n) is 1.16. The minimum atomic E-state index is -0.918. The molecule has 0 heterocycles. The number of aliphatic hydroxyl groups excluding tert-OH is 1. The molecule has 1 rings (SSSR count). The molecule has 1 aromatic rings. The maximum atomic E-state index is 11.4. The molecule has 82 valence electrons. The second-order valence-corrected chi connectivity index (χ2v) is 4.22. The van der Waals surface area contributed by atoms with Crippen LogP contribution in [0.1, 0.15) is 19.8 Å². The van der Waals surface area contributed by atoms with Crippen LogP contribution in [0.3, 0.4) is 0 Å². The number of anilines is 1. The van der Waals surface area contributed by atoms with E-state index >= 15 is 0 Å². The van der Waals surface area contributed by atoms with Gasteiger partial charge in [0.15, 0.2) is 0 Å². The highest BCUT2D eigenvalue weighted by Crippen LogP contribution is 2.14. The average molecular weight is 272 g/mol. The molecule has 0 saturated heterocycles. The molecule has 15 heavy (non-hydrogen) atoms. The summed E-state index contributed by atoms with van der Waals surface area (Å²) in [4.78, 5) is 11.4. The first kappa shape index (κ1) is 12.2. The van der Waals surface area contributed by atoms with E-state index in [-0.39, 0.29) is 5.91 Å². The van der Waals surface area contributed by atoms with Crippen molar-refractivity contribution in [1.82, 2.24) is 0 Å². The topological polar surface area (TPSA) is 49.3 Å². The van der Waals surface area contributed by atoms with Gasteiger partial charge in [0.05, 0.1) is 0 Å². The highest BCUT2D eigenvalue weighted by atomic mass is 79.9. The minimum Gasteiger partial charge on any atom is -0.383 e. The molecule has 0 aromatic heterocycles. The highest BCUT2D eigenvalue weighted by Gasteiger charge is 2.13. The molecule has 0 spiro atoms. The van der Waals surface area contributed by atoms with E-state index in [2.05, 4.69) is 21.2 Å². The normalized spacial score (nSPS) is 12.2. The van der Waals surface area contributed by atoms with Crippen LogP contribution >= 0.6 is 15.9 Å². The van der Waals surface area contributed by atoms with Crippen molar-refractivity contribution >= 4 is 27.5 Å². The molecule has 0 bridgehead atoms. The molecule has 1 atom stereocenters. The fraction of sp³-hybridized carbons (Fsp3) is 0.364. The van der Waals surface area contributed by atoms with Gasteiger partial charge in [-0.3, -0.25) is 4.79 Å². The zero-order valence-electron chi connectivity index (χ0n) is 8.53. The number of aliphatic hydroxyl groups is 1. The Morgan fingerprint density at radius 1 is 1.47 bits per heavy atom. The summed E-state index contributed by atoms with van der Waals surface area (Å²) in [6.07, 6.45) is 0.357. The Kier molecular flexibility index (Phi) is 4.78. The molecule has 1 aromatic carbocycles. The summed E-state index contributed by atoms with van der Waals surface area (Å²) in [5, 5.41) is 12.1. The largest absolute Gasteiger partial charge is 0.383 e. The molecular weight excluding hydrogens is 258 g/mol. The van der Waals surface area contributed by atoms with Crippen LogP contribution in [0.5, 0.6) is 0 Å². The van der Waals surface area contributed by atoms with Gasteiger partial charge in [0.1, 0.15) is 6.10 Å². The lowest BCUT2D eigenvalue weighted by molar-refractivity contribution is -0.124. The van der Waals surface area contributed by atoms with Crippen LogP contribution in [0.25, 0.3) is 0 Å². The first-order valence-electron chi connectivity index (χ1n) is 4.88. The summed E-state index contributed by atoms with van der Waals surface area (Å²) in [5.74, 6) is -0.348. The lowest BCUT2D eigenvalue weighted by Crippen LogP contribution is -2.27. The van der Waals surface area contributed by atoms with Crippen LogP contribution in [0.4, 0.5) is 5.69 Å². The number of halogens is 1. The van der Waals surface area contributed by atoms with Crippen molar-refractivity contribution in [1.29, 1.82) is 0 Å². The van der Waals surface area contributed by atoms with Gasteiger partial charge in [-0.1, -0.05) is 29.3 Å². The van der Waals surface area contributed by atoms with Gasteiger partial charge in [-0.05, 0) is 30.7 Å². The summed E-state index contributed by atoms with van der Waals surface area (Å²) in [7, 11) is 0. The molecule has 4 heteroatoms.